The van der Waals surface area contributed by atoms with Crippen molar-refractivity contribution in [3.63, 3.8) is 0 Å². The fraction of sp³-hybridized carbons (Fsp3) is 0.300. The second kappa shape index (κ2) is 4.93. The van der Waals surface area contributed by atoms with Crippen LogP contribution in [-0.2, 0) is 14.8 Å². The van der Waals surface area contributed by atoms with Crippen molar-refractivity contribution >= 4 is 33.3 Å². The Morgan fingerprint density at radius 1 is 1.47 bits per heavy atom. The fourth-order valence-electron chi connectivity index (χ4n) is 1.31. The summed E-state index contributed by atoms with van der Waals surface area (Å²) in [5, 5.41) is 9.20. The van der Waals surface area contributed by atoms with Gasteiger partial charge in [-0.25, -0.2) is 8.42 Å². The molecule has 0 aromatic heterocycles. The molecule has 94 valence electrons. The Hall–Kier alpha value is -1.27. The molecule has 1 aromatic carbocycles. The van der Waals surface area contributed by atoms with Crippen LogP contribution < -0.4 is 4.31 Å². The molecular weight excluding hydrogens is 266 g/mol. The lowest BCUT2D eigenvalue weighted by Gasteiger charge is -2.20. The Labute approximate surface area is 105 Å². The number of carboxylic acid groups (broad SMARTS) is 1. The number of sulfonamides is 1. The van der Waals surface area contributed by atoms with E-state index >= 15 is 0 Å². The van der Waals surface area contributed by atoms with E-state index in [-0.39, 0.29) is 5.69 Å². The van der Waals surface area contributed by atoms with E-state index in [1.807, 2.05) is 0 Å². The van der Waals surface area contributed by atoms with Crippen molar-refractivity contribution in [2.24, 2.45) is 0 Å². The van der Waals surface area contributed by atoms with Gasteiger partial charge in [-0.15, -0.1) is 0 Å². The molecule has 0 aliphatic rings. The molecule has 0 bridgehead atoms. The van der Waals surface area contributed by atoms with E-state index in [1.54, 1.807) is 6.92 Å². The number of carboxylic acids is 1. The lowest BCUT2D eigenvalue weighted by molar-refractivity contribution is -0.135. The van der Waals surface area contributed by atoms with Crippen LogP contribution in [0.2, 0.25) is 5.02 Å². The van der Waals surface area contributed by atoms with Crippen LogP contribution in [-0.4, -0.2) is 32.3 Å². The van der Waals surface area contributed by atoms with Crippen LogP contribution in [0.25, 0.3) is 0 Å². The van der Waals surface area contributed by atoms with Gasteiger partial charge in [-0.1, -0.05) is 11.6 Å². The summed E-state index contributed by atoms with van der Waals surface area (Å²) in [6.45, 7) is 1.10. The number of anilines is 1. The maximum atomic E-state index is 11.5. The van der Waals surface area contributed by atoms with Gasteiger partial charge in [0.05, 0.1) is 11.9 Å². The van der Waals surface area contributed by atoms with E-state index in [9.17, 15) is 13.2 Å². The third-order valence-electron chi connectivity index (χ3n) is 2.11. The fourth-order valence-corrected chi connectivity index (χ4v) is 2.27. The lowest BCUT2D eigenvalue weighted by Crippen LogP contribution is -2.34. The molecule has 0 fully saturated rings. The summed E-state index contributed by atoms with van der Waals surface area (Å²) in [4.78, 5) is 10.6. The molecule has 7 heteroatoms. The first-order chi connectivity index (χ1) is 7.71. The van der Waals surface area contributed by atoms with Crippen molar-refractivity contribution in [3.05, 3.63) is 28.8 Å². The summed E-state index contributed by atoms with van der Waals surface area (Å²) in [5.74, 6) is -1.22. The van der Waals surface area contributed by atoms with Gasteiger partial charge in [-0.05, 0) is 30.7 Å². The Kier molecular flexibility index (Phi) is 4.00. The number of benzene rings is 1. The van der Waals surface area contributed by atoms with Crippen molar-refractivity contribution in [1.29, 1.82) is 0 Å². The van der Waals surface area contributed by atoms with Crippen LogP contribution in [0.3, 0.4) is 0 Å². The summed E-state index contributed by atoms with van der Waals surface area (Å²) >= 11 is 5.82. The first-order valence-corrected chi connectivity index (χ1v) is 6.90. The highest BCUT2D eigenvalue weighted by Gasteiger charge is 2.20. The molecular formula is C10H12ClNO4S. The number of aliphatic carboxylic acids is 1. The van der Waals surface area contributed by atoms with Gasteiger partial charge in [-0.2, -0.15) is 0 Å². The average Bonchev–Trinajstić information content (AvgIpc) is 2.17. The van der Waals surface area contributed by atoms with Crippen molar-refractivity contribution < 1.29 is 18.3 Å². The van der Waals surface area contributed by atoms with Gasteiger partial charge in [0.15, 0.2) is 0 Å². The first kappa shape index (κ1) is 13.8. The summed E-state index contributed by atoms with van der Waals surface area (Å²) in [5.41, 5.74) is 0.972. The zero-order valence-corrected chi connectivity index (χ0v) is 10.9. The topological polar surface area (TPSA) is 74.7 Å². The molecule has 1 N–H and O–H groups in total. The maximum Gasteiger partial charge on any atom is 0.324 e. The number of nitrogens with zero attached hydrogens (tertiary/aromatic N) is 1. The number of carbonyl (C=O) groups is 1. The molecule has 0 spiro atoms. The Morgan fingerprint density at radius 3 is 2.47 bits per heavy atom. The third-order valence-corrected chi connectivity index (χ3v) is 3.67. The predicted octanol–water partition coefficient (Wildman–Crippen LogP) is 1.50. The number of hydrogen-bond donors (Lipinski definition) is 1. The van der Waals surface area contributed by atoms with Gasteiger partial charge in [0, 0.05) is 5.02 Å². The highest BCUT2D eigenvalue weighted by Crippen LogP contribution is 2.23. The van der Waals surface area contributed by atoms with Gasteiger partial charge >= 0.3 is 5.97 Å². The molecule has 0 amide bonds. The van der Waals surface area contributed by atoms with E-state index in [0.29, 0.717) is 10.6 Å². The molecule has 5 nitrogen and oxygen atoms in total. The minimum atomic E-state index is -3.63. The van der Waals surface area contributed by atoms with Crippen LogP contribution in [0.15, 0.2) is 18.2 Å². The quantitative estimate of drug-likeness (QED) is 0.905. The molecule has 0 atom stereocenters. The SMILES string of the molecule is Cc1cc(N(CC(=O)O)S(C)(=O)=O)ccc1Cl. The number of rotatable bonds is 4. The van der Waals surface area contributed by atoms with Gasteiger partial charge in [-0.3, -0.25) is 9.10 Å². The zero-order valence-electron chi connectivity index (χ0n) is 9.34. The van der Waals surface area contributed by atoms with E-state index in [4.69, 9.17) is 16.7 Å². The molecule has 0 saturated heterocycles. The minimum Gasteiger partial charge on any atom is -0.480 e. The molecule has 1 aromatic rings. The molecule has 1 rings (SSSR count). The lowest BCUT2D eigenvalue weighted by atomic mass is 10.2. The monoisotopic (exact) mass is 277 g/mol. The smallest absolute Gasteiger partial charge is 0.324 e. The van der Waals surface area contributed by atoms with Crippen molar-refractivity contribution in [2.75, 3.05) is 17.1 Å². The molecule has 0 radical (unpaired) electrons. The zero-order chi connectivity index (χ0) is 13.2. The summed E-state index contributed by atoms with van der Waals surface area (Å²) < 4.78 is 23.8. The molecule has 0 unspecified atom stereocenters. The Morgan fingerprint density at radius 2 is 2.06 bits per heavy atom. The van der Waals surface area contributed by atoms with E-state index in [0.717, 1.165) is 10.6 Å². The molecule has 17 heavy (non-hydrogen) atoms. The minimum absolute atomic E-state index is 0.289. The van der Waals surface area contributed by atoms with E-state index in [2.05, 4.69) is 0 Å². The standard InChI is InChI=1S/C10H12ClNO4S/c1-7-5-8(3-4-9(7)11)12(6-10(13)14)17(2,15)16/h3-5H,6H2,1-2H3,(H,13,14). The largest absolute Gasteiger partial charge is 0.480 e. The van der Waals surface area contributed by atoms with Crippen LogP contribution in [0.4, 0.5) is 5.69 Å². The van der Waals surface area contributed by atoms with Gasteiger partial charge in [0.1, 0.15) is 6.54 Å². The van der Waals surface area contributed by atoms with Crippen LogP contribution >= 0.6 is 11.6 Å². The van der Waals surface area contributed by atoms with Gasteiger partial charge < -0.3 is 5.11 Å². The third kappa shape index (κ3) is 3.61. The van der Waals surface area contributed by atoms with E-state index in [1.165, 1.54) is 18.2 Å². The van der Waals surface area contributed by atoms with Crippen LogP contribution in [0, 0.1) is 6.92 Å². The summed E-state index contributed by atoms with van der Waals surface area (Å²) in [6, 6.07) is 4.54. The average molecular weight is 278 g/mol. The second-order valence-corrected chi connectivity index (χ2v) is 5.91. The highest BCUT2D eigenvalue weighted by molar-refractivity contribution is 7.92. The number of aryl methyl sites for hydroxylation is 1. The Balaban J connectivity index is 3.22. The van der Waals surface area contributed by atoms with Gasteiger partial charge in [0.25, 0.3) is 0 Å². The predicted molar refractivity (Wildman–Crippen MR) is 66.0 cm³/mol. The van der Waals surface area contributed by atoms with Crippen LogP contribution in [0.1, 0.15) is 5.56 Å². The molecule has 0 heterocycles. The maximum absolute atomic E-state index is 11.5. The second-order valence-electron chi connectivity index (χ2n) is 3.60. The van der Waals surface area contributed by atoms with Crippen molar-refractivity contribution in [1.82, 2.24) is 0 Å². The van der Waals surface area contributed by atoms with Crippen molar-refractivity contribution in [3.8, 4) is 0 Å². The van der Waals surface area contributed by atoms with Crippen LogP contribution in [0.5, 0.6) is 0 Å². The first-order valence-electron chi connectivity index (χ1n) is 4.67. The highest BCUT2D eigenvalue weighted by atomic mass is 35.5. The van der Waals surface area contributed by atoms with Crippen molar-refractivity contribution in [2.45, 2.75) is 6.92 Å². The normalized spacial score (nSPS) is 11.2. The molecule has 0 aliphatic carbocycles. The summed E-state index contributed by atoms with van der Waals surface area (Å²) in [6.07, 6.45) is 0.958. The van der Waals surface area contributed by atoms with E-state index < -0.39 is 22.5 Å². The molecule has 0 saturated carbocycles. The Bertz CT molecular complexity index is 541. The molecule has 0 aliphatic heterocycles. The number of hydrogen-bond acceptors (Lipinski definition) is 3. The van der Waals surface area contributed by atoms with Gasteiger partial charge in [0.2, 0.25) is 10.0 Å². The number of halogens is 1. The summed E-state index contributed by atoms with van der Waals surface area (Å²) in [7, 11) is -3.63.